The lowest BCUT2D eigenvalue weighted by atomic mass is 10.0. The number of allylic oxidation sites excluding steroid dienone is 4. The molecule has 0 saturated heterocycles. The van der Waals surface area contributed by atoms with Crippen LogP contribution in [0.4, 0.5) is 0 Å². The lowest BCUT2D eigenvalue weighted by Crippen LogP contribution is -1.94. The van der Waals surface area contributed by atoms with Crippen LogP contribution < -0.4 is 0 Å². The Kier molecular flexibility index (Phi) is 3.51. The molecule has 0 N–H and O–H groups in total. The number of hydrogen-bond acceptors (Lipinski definition) is 2. The molecule has 3 heteroatoms. The Morgan fingerprint density at radius 3 is 2.73 bits per heavy atom. The topological polar surface area (TPSA) is 25.8 Å². The molecule has 2 nitrogen and oxygen atoms in total. The molecule has 0 amide bonds. The van der Waals surface area contributed by atoms with Crippen LogP contribution in [0.3, 0.4) is 0 Å². The van der Waals surface area contributed by atoms with Crippen molar-refractivity contribution in [1.82, 2.24) is 10.2 Å². The maximum absolute atomic E-state index is 5.66. The van der Waals surface area contributed by atoms with Gasteiger partial charge in [-0.05, 0) is 37.8 Å². The van der Waals surface area contributed by atoms with Crippen LogP contribution in [-0.4, -0.2) is 10.2 Å². The van der Waals surface area contributed by atoms with Crippen molar-refractivity contribution >= 4 is 11.6 Å². The van der Waals surface area contributed by atoms with Gasteiger partial charge in [-0.1, -0.05) is 35.4 Å². The van der Waals surface area contributed by atoms with Gasteiger partial charge in [-0.2, -0.15) is 5.10 Å². The van der Waals surface area contributed by atoms with Gasteiger partial charge < -0.3 is 0 Å². The first-order valence-electron chi connectivity index (χ1n) is 5.18. The van der Waals surface area contributed by atoms with Crippen LogP contribution in [0.25, 0.3) is 0 Å². The summed E-state index contributed by atoms with van der Waals surface area (Å²) < 4.78 is 0. The van der Waals surface area contributed by atoms with E-state index in [1.54, 1.807) is 6.07 Å². The van der Waals surface area contributed by atoms with E-state index < -0.39 is 0 Å². The summed E-state index contributed by atoms with van der Waals surface area (Å²) in [6, 6.07) is 3.72. The van der Waals surface area contributed by atoms with Crippen LogP contribution in [0.2, 0.25) is 5.15 Å². The standard InChI is InChI=1S/C12H13ClN2/c13-12-9-8-11(14-15-12)7-6-10-4-2-1-3-5-10/h2,4-5,8-9H,1,3,6-7H2. The van der Waals surface area contributed by atoms with E-state index in [1.165, 1.54) is 12.0 Å². The molecule has 0 bridgehead atoms. The number of rotatable bonds is 3. The van der Waals surface area contributed by atoms with Gasteiger partial charge in [0.25, 0.3) is 0 Å². The zero-order chi connectivity index (χ0) is 10.5. The highest BCUT2D eigenvalue weighted by atomic mass is 35.5. The summed E-state index contributed by atoms with van der Waals surface area (Å²) in [5.74, 6) is 0. The van der Waals surface area contributed by atoms with Crippen molar-refractivity contribution < 1.29 is 0 Å². The van der Waals surface area contributed by atoms with Gasteiger partial charge in [-0.3, -0.25) is 0 Å². The molecule has 2 rings (SSSR count). The van der Waals surface area contributed by atoms with E-state index in [9.17, 15) is 0 Å². The van der Waals surface area contributed by atoms with Crippen molar-refractivity contribution in [3.05, 3.63) is 46.8 Å². The summed E-state index contributed by atoms with van der Waals surface area (Å²) >= 11 is 5.66. The van der Waals surface area contributed by atoms with E-state index in [1.807, 2.05) is 6.07 Å². The third-order valence-electron chi connectivity index (χ3n) is 2.43. The van der Waals surface area contributed by atoms with Crippen LogP contribution in [0, 0.1) is 0 Å². The minimum Gasteiger partial charge on any atom is -0.154 e. The van der Waals surface area contributed by atoms with E-state index in [-0.39, 0.29) is 0 Å². The summed E-state index contributed by atoms with van der Waals surface area (Å²) in [5.41, 5.74) is 2.40. The first-order valence-corrected chi connectivity index (χ1v) is 5.56. The van der Waals surface area contributed by atoms with Crippen molar-refractivity contribution in [2.45, 2.75) is 25.7 Å². The lowest BCUT2D eigenvalue weighted by molar-refractivity contribution is 0.849. The third kappa shape index (κ3) is 3.17. The smallest absolute Gasteiger partial charge is 0.151 e. The second-order valence-corrected chi connectivity index (χ2v) is 3.99. The number of halogens is 1. The van der Waals surface area contributed by atoms with Crippen LogP contribution in [0.15, 0.2) is 35.9 Å². The molecular formula is C12H13ClN2. The van der Waals surface area contributed by atoms with Crippen LogP contribution in [-0.2, 0) is 6.42 Å². The predicted octanol–water partition coefficient (Wildman–Crippen LogP) is 3.34. The first kappa shape index (κ1) is 10.4. The zero-order valence-corrected chi connectivity index (χ0v) is 9.24. The molecular weight excluding hydrogens is 208 g/mol. The van der Waals surface area contributed by atoms with Gasteiger partial charge in [0.2, 0.25) is 0 Å². The normalized spacial score (nSPS) is 15.1. The molecule has 1 aromatic rings. The van der Waals surface area contributed by atoms with Crippen LogP contribution in [0.5, 0.6) is 0 Å². The van der Waals surface area contributed by atoms with Crippen LogP contribution >= 0.6 is 11.6 Å². The van der Waals surface area contributed by atoms with E-state index in [2.05, 4.69) is 28.4 Å². The monoisotopic (exact) mass is 220 g/mol. The highest BCUT2D eigenvalue weighted by Gasteiger charge is 2.00. The maximum Gasteiger partial charge on any atom is 0.151 e. The molecule has 0 fully saturated rings. The molecule has 15 heavy (non-hydrogen) atoms. The van der Waals surface area contributed by atoms with Crippen molar-refractivity contribution in [1.29, 1.82) is 0 Å². The summed E-state index contributed by atoms with van der Waals surface area (Å²) in [4.78, 5) is 0. The van der Waals surface area contributed by atoms with Gasteiger partial charge in [0.1, 0.15) is 0 Å². The Hall–Kier alpha value is -1.15. The van der Waals surface area contributed by atoms with Gasteiger partial charge >= 0.3 is 0 Å². The molecule has 1 aliphatic rings. The summed E-state index contributed by atoms with van der Waals surface area (Å²) in [5, 5.41) is 8.30. The molecule has 78 valence electrons. The molecule has 1 aliphatic carbocycles. The van der Waals surface area contributed by atoms with Crippen LogP contribution in [0.1, 0.15) is 25.0 Å². The van der Waals surface area contributed by atoms with Crippen molar-refractivity contribution in [2.75, 3.05) is 0 Å². The molecule has 0 saturated carbocycles. The van der Waals surface area contributed by atoms with Crippen molar-refractivity contribution in [3.63, 3.8) is 0 Å². The Labute approximate surface area is 94.7 Å². The van der Waals surface area contributed by atoms with Gasteiger partial charge in [-0.15, -0.1) is 5.10 Å². The minimum absolute atomic E-state index is 0.454. The molecule has 0 aliphatic heterocycles. The molecule has 0 aromatic carbocycles. The summed E-state index contributed by atoms with van der Waals surface area (Å²) in [6.45, 7) is 0. The first-order chi connectivity index (χ1) is 7.34. The summed E-state index contributed by atoms with van der Waals surface area (Å²) in [7, 11) is 0. The molecule has 1 heterocycles. The lowest BCUT2D eigenvalue weighted by Gasteiger charge is -2.05. The quantitative estimate of drug-likeness (QED) is 0.781. The van der Waals surface area contributed by atoms with Gasteiger partial charge in [-0.25, -0.2) is 0 Å². The summed E-state index contributed by atoms with van der Waals surface area (Å²) in [6.07, 6.45) is 11.0. The number of nitrogens with zero attached hydrogens (tertiary/aromatic N) is 2. The Morgan fingerprint density at radius 2 is 2.07 bits per heavy atom. The molecule has 0 unspecified atom stereocenters. The van der Waals surface area contributed by atoms with E-state index in [0.29, 0.717) is 5.15 Å². The third-order valence-corrected chi connectivity index (χ3v) is 2.63. The maximum atomic E-state index is 5.66. The molecule has 0 atom stereocenters. The van der Waals surface area contributed by atoms with E-state index in [4.69, 9.17) is 11.6 Å². The van der Waals surface area contributed by atoms with Crippen molar-refractivity contribution in [3.8, 4) is 0 Å². The Morgan fingerprint density at radius 1 is 1.13 bits per heavy atom. The fourth-order valence-electron chi connectivity index (χ4n) is 1.60. The molecule has 1 aromatic heterocycles. The fourth-order valence-corrected chi connectivity index (χ4v) is 1.70. The largest absolute Gasteiger partial charge is 0.154 e. The number of hydrogen-bond donors (Lipinski definition) is 0. The van der Waals surface area contributed by atoms with Gasteiger partial charge in [0.05, 0.1) is 5.69 Å². The minimum atomic E-state index is 0.454. The average molecular weight is 221 g/mol. The Bertz CT molecular complexity index is 379. The second-order valence-electron chi connectivity index (χ2n) is 3.61. The molecule has 0 spiro atoms. The molecule has 0 radical (unpaired) electrons. The van der Waals surface area contributed by atoms with E-state index in [0.717, 1.165) is 25.0 Å². The van der Waals surface area contributed by atoms with Gasteiger partial charge in [0, 0.05) is 0 Å². The van der Waals surface area contributed by atoms with Crippen molar-refractivity contribution in [2.24, 2.45) is 0 Å². The van der Waals surface area contributed by atoms with E-state index >= 15 is 0 Å². The Balaban J connectivity index is 1.90. The average Bonchev–Trinajstić information content (AvgIpc) is 2.30. The highest BCUT2D eigenvalue weighted by Crippen LogP contribution is 2.15. The number of aromatic nitrogens is 2. The SMILES string of the molecule is Clc1ccc(CCC2=CCCC=C2)nn1. The zero-order valence-electron chi connectivity index (χ0n) is 8.49. The second kappa shape index (κ2) is 5.08. The number of aryl methyl sites for hydroxylation is 1. The predicted molar refractivity (Wildman–Crippen MR) is 61.8 cm³/mol. The fraction of sp³-hybridized carbons (Fsp3) is 0.333. The highest BCUT2D eigenvalue weighted by molar-refractivity contribution is 6.29. The van der Waals surface area contributed by atoms with Gasteiger partial charge in [0.15, 0.2) is 5.15 Å².